The Morgan fingerprint density at radius 1 is 1.00 bits per heavy atom. The van der Waals surface area contributed by atoms with E-state index in [-0.39, 0.29) is 5.57 Å². The number of carbonyl (C=O) groups excluding carboxylic acids is 2. The molecule has 0 bridgehead atoms. The number of nitrogens with zero attached hydrogens (tertiary/aromatic N) is 1. The largest absolute Gasteiger partial charge is 0.427 e. The third kappa shape index (κ3) is 4.59. The molecule has 0 spiro atoms. The highest BCUT2D eigenvalue weighted by molar-refractivity contribution is 6.10. The van der Waals surface area contributed by atoms with Gasteiger partial charge in [-0.25, -0.2) is 0 Å². The summed E-state index contributed by atoms with van der Waals surface area (Å²) in [5.41, 5.74) is 1.13. The molecule has 0 fully saturated rings. The lowest BCUT2D eigenvalue weighted by Crippen LogP contribution is -2.13. The highest BCUT2D eigenvalue weighted by Gasteiger charge is 2.10. The molecule has 0 radical (unpaired) electrons. The minimum absolute atomic E-state index is 0.0527. The van der Waals surface area contributed by atoms with E-state index in [4.69, 9.17) is 4.74 Å². The Labute approximate surface area is 156 Å². The topological polar surface area (TPSA) is 79.2 Å². The molecule has 3 aromatic rings. The summed E-state index contributed by atoms with van der Waals surface area (Å²) in [5.74, 6) is -0.597. The molecule has 5 nitrogen and oxygen atoms in total. The Bertz CT molecular complexity index is 1090. The van der Waals surface area contributed by atoms with Gasteiger partial charge in [0, 0.05) is 12.6 Å². The molecule has 3 rings (SSSR count). The smallest absolute Gasteiger partial charge is 0.308 e. The van der Waals surface area contributed by atoms with E-state index in [2.05, 4.69) is 5.32 Å². The van der Waals surface area contributed by atoms with Gasteiger partial charge in [0.1, 0.15) is 17.4 Å². The van der Waals surface area contributed by atoms with Crippen LogP contribution in [0.5, 0.6) is 5.75 Å². The molecule has 0 aliphatic heterocycles. The summed E-state index contributed by atoms with van der Waals surface area (Å²) in [4.78, 5) is 23.5. The maximum Gasteiger partial charge on any atom is 0.308 e. The zero-order valence-electron chi connectivity index (χ0n) is 14.6. The Morgan fingerprint density at radius 2 is 1.78 bits per heavy atom. The van der Waals surface area contributed by atoms with E-state index in [1.807, 2.05) is 42.5 Å². The number of carbonyl (C=O) groups is 2. The predicted octanol–water partition coefficient (Wildman–Crippen LogP) is 4.31. The monoisotopic (exact) mass is 356 g/mol. The molecule has 0 atom stereocenters. The number of nitriles is 1. The average molecular weight is 356 g/mol. The van der Waals surface area contributed by atoms with Crippen molar-refractivity contribution in [3.05, 3.63) is 77.9 Å². The lowest BCUT2D eigenvalue weighted by atomic mass is 10.1. The van der Waals surface area contributed by atoms with Crippen LogP contribution in [0.4, 0.5) is 5.69 Å². The minimum atomic E-state index is -0.509. The summed E-state index contributed by atoms with van der Waals surface area (Å²) in [7, 11) is 0. The molecule has 0 unspecified atom stereocenters. The van der Waals surface area contributed by atoms with Crippen molar-refractivity contribution in [1.82, 2.24) is 0 Å². The first-order chi connectivity index (χ1) is 13.0. The number of hydrogen-bond donors (Lipinski definition) is 1. The molecule has 0 aliphatic carbocycles. The van der Waals surface area contributed by atoms with Gasteiger partial charge < -0.3 is 10.1 Å². The van der Waals surface area contributed by atoms with Crippen molar-refractivity contribution in [3.8, 4) is 11.8 Å². The first-order valence-electron chi connectivity index (χ1n) is 8.25. The maximum atomic E-state index is 12.5. The van der Waals surface area contributed by atoms with Gasteiger partial charge >= 0.3 is 5.97 Å². The van der Waals surface area contributed by atoms with Crippen molar-refractivity contribution in [1.29, 1.82) is 5.26 Å². The van der Waals surface area contributed by atoms with Gasteiger partial charge in [0.15, 0.2) is 0 Å². The van der Waals surface area contributed by atoms with Crippen LogP contribution in [0.2, 0.25) is 0 Å². The molecular weight excluding hydrogens is 340 g/mol. The zero-order chi connectivity index (χ0) is 19.2. The van der Waals surface area contributed by atoms with Crippen molar-refractivity contribution >= 4 is 34.4 Å². The van der Waals surface area contributed by atoms with E-state index in [0.29, 0.717) is 17.0 Å². The number of rotatable bonds is 4. The Balaban J connectivity index is 1.82. The Kier molecular flexibility index (Phi) is 5.29. The molecule has 0 aromatic heterocycles. The summed E-state index contributed by atoms with van der Waals surface area (Å²) in [6.45, 7) is 1.31. The number of esters is 1. The molecule has 3 aromatic carbocycles. The summed E-state index contributed by atoms with van der Waals surface area (Å²) in [5, 5.41) is 14.2. The highest BCUT2D eigenvalue weighted by atomic mass is 16.5. The number of ether oxygens (including phenoxy) is 1. The number of hydrogen-bond acceptors (Lipinski definition) is 4. The molecule has 132 valence electrons. The van der Waals surface area contributed by atoms with Crippen LogP contribution in [0, 0.1) is 11.3 Å². The van der Waals surface area contributed by atoms with Crippen LogP contribution in [-0.4, -0.2) is 11.9 Å². The van der Waals surface area contributed by atoms with Gasteiger partial charge in [-0.15, -0.1) is 0 Å². The van der Waals surface area contributed by atoms with E-state index in [9.17, 15) is 14.9 Å². The van der Waals surface area contributed by atoms with E-state index in [1.54, 1.807) is 30.3 Å². The lowest BCUT2D eigenvalue weighted by Gasteiger charge is -2.06. The van der Waals surface area contributed by atoms with Gasteiger partial charge in [-0.1, -0.05) is 42.5 Å². The summed E-state index contributed by atoms with van der Waals surface area (Å²) in [6.07, 6.45) is 1.45. The lowest BCUT2D eigenvalue weighted by molar-refractivity contribution is -0.131. The number of benzene rings is 3. The second-order valence-electron chi connectivity index (χ2n) is 5.85. The first kappa shape index (κ1) is 17.9. The van der Waals surface area contributed by atoms with Crippen molar-refractivity contribution in [2.75, 3.05) is 5.32 Å². The number of anilines is 1. The van der Waals surface area contributed by atoms with Crippen LogP contribution >= 0.6 is 0 Å². The van der Waals surface area contributed by atoms with Gasteiger partial charge in [0.05, 0.1) is 0 Å². The van der Waals surface area contributed by atoms with Gasteiger partial charge in [-0.05, 0) is 46.7 Å². The predicted molar refractivity (Wildman–Crippen MR) is 104 cm³/mol. The SMILES string of the molecule is CC(=O)Oc1cccc(/C=C(\C#N)C(=O)Nc2ccc3ccccc3c2)c1. The average Bonchev–Trinajstić information content (AvgIpc) is 2.65. The molecule has 0 heterocycles. The van der Waals surface area contributed by atoms with Crippen LogP contribution < -0.4 is 10.1 Å². The molecule has 5 heteroatoms. The fraction of sp³-hybridized carbons (Fsp3) is 0.0455. The molecule has 1 N–H and O–H groups in total. The third-order valence-corrected chi connectivity index (χ3v) is 3.80. The van der Waals surface area contributed by atoms with Gasteiger partial charge in [0.2, 0.25) is 0 Å². The molecule has 0 saturated carbocycles. The highest BCUT2D eigenvalue weighted by Crippen LogP contribution is 2.20. The maximum absolute atomic E-state index is 12.5. The number of amides is 1. The summed E-state index contributed by atoms with van der Waals surface area (Å²) < 4.78 is 5.02. The second kappa shape index (κ2) is 7.98. The van der Waals surface area contributed by atoms with Crippen LogP contribution in [-0.2, 0) is 9.59 Å². The van der Waals surface area contributed by atoms with Crippen molar-refractivity contribution < 1.29 is 14.3 Å². The molecule has 0 aliphatic rings. The Morgan fingerprint density at radius 3 is 2.52 bits per heavy atom. The number of fused-ring (bicyclic) bond motifs is 1. The second-order valence-corrected chi connectivity index (χ2v) is 5.85. The fourth-order valence-electron chi connectivity index (χ4n) is 2.61. The van der Waals surface area contributed by atoms with Gasteiger partial charge in [0.25, 0.3) is 5.91 Å². The third-order valence-electron chi connectivity index (χ3n) is 3.80. The van der Waals surface area contributed by atoms with E-state index < -0.39 is 11.9 Å². The normalized spacial score (nSPS) is 10.9. The van der Waals surface area contributed by atoms with Crippen LogP contribution in [0.3, 0.4) is 0 Å². The van der Waals surface area contributed by atoms with Crippen molar-refractivity contribution in [3.63, 3.8) is 0 Å². The standard InChI is InChI=1S/C22H16N2O3/c1-15(25)27-21-8-4-5-16(12-21)11-19(14-23)22(26)24-20-10-9-17-6-2-3-7-18(17)13-20/h2-13H,1H3,(H,24,26)/b19-11+. The summed E-state index contributed by atoms with van der Waals surface area (Å²) >= 11 is 0. The molecule has 0 saturated heterocycles. The van der Waals surface area contributed by atoms with E-state index >= 15 is 0 Å². The van der Waals surface area contributed by atoms with Crippen LogP contribution in [0.1, 0.15) is 12.5 Å². The first-order valence-corrected chi connectivity index (χ1v) is 8.25. The van der Waals surface area contributed by atoms with Crippen LogP contribution in [0.25, 0.3) is 16.8 Å². The van der Waals surface area contributed by atoms with Crippen molar-refractivity contribution in [2.45, 2.75) is 6.92 Å². The minimum Gasteiger partial charge on any atom is -0.427 e. The van der Waals surface area contributed by atoms with Gasteiger partial charge in [-0.2, -0.15) is 5.26 Å². The van der Waals surface area contributed by atoms with E-state index in [1.165, 1.54) is 13.0 Å². The molecule has 27 heavy (non-hydrogen) atoms. The molecular formula is C22H16N2O3. The number of nitrogens with one attached hydrogen (secondary N) is 1. The Hall–Kier alpha value is -3.91. The van der Waals surface area contributed by atoms with Crippen LogP contribution in [0.15, 0.2) is 72.3 Å². The fourth-order valence-corrected chi connectivity index (χ4v) is 2.61. The zero-order valence-corrected chi connectivity index (χ0v) is 14.6. The van der Waals surface area contributed by atoms with E-state index in [0.717, 1.165) is 10.8 Å². The van der Waals surface area contributed by atoms with Gasteiger partial charge in [-0.3, -0.25) is 9.59 Å². The molecule has 1 amide bonds. The van der Waals surface area contributed by atoms with Crippen molar-refractivity contribution in [2.24, 2.45) is 0 Å². The quantitative estimate of drug-likeness (QED) is 0.327. The summed E-state index contributed by atoms with van der Waals surface area (Å²) in [6, 6.07) is 21.9.